The second-order valence-corrected chi connectivity index (χ2v) is 5.76. The molecule has 0 spiro atoms. The van der Waals surface area contributed by atoms with Crippen LogP contribution in [0, 0.1) is 0 Å². The van der Waals surface area contributed by atoms with Gasteiger partial charge in [-0.25, -0.2) is 4.98 Å². The number of hydrogen-bond donors (Lipinski definition) is 0. The maximum absolute atomic E-state index is 6.18. The summed E-state index contributed by atoms with van der Waals surface area (Å²) in [5.41, 5.74) is 3.23. The summed E-state index contributed by atoms with van der Waals surface area (Å²) in [5, 5.41) is 4.95. The van der Waals surface area contributed by atoms with Crippen LogP contribution in [0.2, 0.25) is 5.02 Å². The number of alkyl halides is 1. The molecule has 5 heteroatoms. The number of aromatic nitrogens is 2. The van der Waals surface area contributed by atoms with Crippen LogP contribution in [0.1, 0.15) is 11.4 Å². The van der Waals surface area contributed by atoms with Crippen molar-refractivity contribution in [2.45, 2.75) is 18.8 Å². The van der Waals surface area contributed by atoms with Crippen LogP contribution in [0.5, 0.6) is 0 Å². The minimum absolute atomic E-state index is 0.397. The van der Waals surface area contributed by atoms with Crippen molar-refractivity contribution in [3.63, 3.8) is 0 Å². The summed E-state index contributed by atoms with van der Waals surface area (Å²) in [4.78, 5) is 4.53. The lowest BCUT2D eigenvalue weighted by Gasteiger charge is -2.06. The van der Waals surface area contributed by atoms with E-state index in [1.807, 2.05) is 18.2 Å². The number of thiophene rings is 1. The molecule has 0 aliphatic carbocycles. The lowest BCUT2D eigenvalue weighted by atomic mass is 10.2. The van der Waals surface area contributed by atoms with Crippen LogP contribution in [-0.4, -0.2) is 9.55 Å². The highest BCUT2D eigenvalue weighted by Gasteiger charge is 2.12. The Hall–Kier alpha value is -1.03. The van der Waals surface area contributed by atoms with Gasteiger partial charge in [0.2, 0.25) is 0 Å². The summed E-state index contributed by atoms with van der Waals surface area (Å²) in [6.45, 7) is 0.871. The van der Waals surface area contributed by atoms with Gasteiger partial charge in [0.15, 0.2) is 0 Å². The van der Waals surface area contributed by atoms with Crippen molar-refractivity contribution in [2.24, 2.45) is 0 Å². The van der Waals surface area contributed by atoms with E-state index < -0.39 is 0 Å². The van der Waals surface area contributed by atoms with Gasteiger partial charge in [0, 0.05) is 6.54 Å². The number of para-hydroxylation sites is 1. The number of fused-ring (bicyclic) bond motifs is 1. The third-order valence-electron chi connectivity index (χ3n) is 3.13. The third kappa shape index (κ3) is 2.50. The molecule has 0 bridgehead atoms. The molecule has 0 saturated carbocycles. The van der Waals surface area contributed by atoms with Crippen LogP contribution in [0.4, 0.5) is 0 Å². The SMILES string of the molecule is ClCc1nc2c(Cl)cccc2n1CCc1ccsc1. The normalized spacial score (nSPS) is 11.3. The predicted molar refractivity (Wildman–Crippen MR) is 82.3 cm³/mol. The molecule has 0 amide bonds. The molecule has 3 rings (SSSR count). The zero-order chi connectivity index (χ0) is 13.2. The maximum atomic E-state index is 6.18. The first-order valence-electron chi connectivity index (χ1n) is 6.00. The largest absolute Gasteiger partial charge is 0.327 e. The second-order valence-electron chi connectivity index (χ2n) is 4.30. The van der Waals surface area contributed by atoms with E-state index in [1.54, 1.807) is 11.3 Å². The van der Waals surface area contributed by atoms with E-state index in [4.69, 9.17) is 23.2 Å². The average Bonchev–Trinajstić information content (AvgIpc) is 3.03. The smallest absolute Gasteiger partial charge is 0.124 e. The Labute approximate surface area is 125 Å². The molecule has 0 radical (unpaired) electrons. The number of rotatable bonds is 4. The third-order valence-corrected chi connectivity index (χ3v) is 4.41. The van der Waals surface area contributed by atoms with E-state index in [0.717, 1.165) is 29.8 Å². The minimum Gasteiger partial charge on any atom is -0.327 e. The molecule has 0 atom stereocenters. The van der Waals surface area contributed by atoms with E-state index in [9.17, 15) is 0 Å². The number of aryl methyl sites for hydroxylation is 2. The number of halogens is 2. The van der Waals surface area contributed by atoms with Crippen LogP contribution >= 0.6 is 34.5 Å². The number of nitrogens with zero attached hydrogens (tertiary/aromatic N) is 2. The number of benzene rings is 1. The minimum atomic E-state index is 0.397. The van der Waals surface area contributed by atoms with E-state index in [-0.39, 0.29) is 0 Å². The standard InChI is InChI=1S/C14H12Cl2N2S/c15-8-13-17-14-11(16)2-1-3-12(14)18(13)6-4-10-5-7-19-9-10/h1-3,5,7,9H,4,6,8H2. The topological polar surface area (TPSA) is 17.8 Å². The van der Waals surface area contributed by atoms with Crippen molar-refractivity contribution in [2.75, 3.05) is 0 Å². The first-order valence-corrected chi connectivity index (χ1v) is 7.86. The second kappa shape index (κ2) is 5.53. The highest BCUT2D eigenvalue weighted by atomic mass is 35.5. The quantitative estimate of drug-likeness (QED) is 0.637. The van der Waals surface area contributed by atoms with E-state index in [1.165, 1.54) is 5.56 Å². The molecule has 19 heavy (non-hydrogen) atoms. The summed E-state index contributed by atoms with van der Waals surface area (Å²) in [6.07, 6.45) is 0.978. The van der Waals surface area contributed by atoms with Gasteiger partial charge in [-0.3, -0.25) is 0 Å². The first-order chi connectivity index (χ1) is 9.29. The molecule has 0 saturated heterocycles. The molecule has 2 aromatic heterocycles. The van der Waals surface area contributed by atoms with Gasteiger partial charge in [-0.2, -0.15) is 11.3 Å². The van der Waals surface area contributed by atoms with Gasteiger partial charge in [0.1, 0.15) is 11.3 Å². The Bertz CT molecular complexity index is 689. The summed E-state index contributed by atoms with van der Waals surface area (Å²) in [7, 11) is 0. The van der Waals surface area contributed by atoms with Gasteiger partial charge in [-0.15, -0.1) is 11.6 Å². The van der Waals surface area contributed by atoms with Crippen molar-refractivity contribution in [3.05, 3.63) is 51.4 Å². The Morgan fingerprint density at radius 1 is 1.26 bits per heavy atom. The van der Waals surface area contributed by atoms with Gasteiger partial charge < -0.3 is 4.57 Å². The first kappa shape index (κ1) is 13.0. The molecule has 0 fully saturated rings. The molecular formula is C14H12Cl2N2S. The van der Waals surface area contributed by atoms with E-state index in [0.29, 0.717) is 10.9 Å². The Morgan fingerprint density at radius 2 is 2.16 bits per heavy atom. The Kier molecular flexibility index (Phi) is 3.78. The van der Waals surface area contributed by atoms with Gasteiger partial charge >= 0.3 is 0 Å². The van der Waals surface area contributed by atoms with Crippen molar-refractivity contribution in [1.82, 2.24) is 9.55 Å². The fraction of sp³-hybridized carbons (Fsp3) is 0.214. The van der Waals surface area contributed by atoms with Gasteiger partial charge in [0.25, 0.3) is 0 Å². The lowest BCUT2D eigenvalue weighted by molar-refractivity contribution is 0.689. The molecule has 0 aliphatic rings. The van der Waals surface area contributed by atoms with Crippen LogP contribution in [0.3, 0.4) is 0 Å². The number of hydrogen-bond acceptors (Lipinski definition) is 2. The van der Waals surface area contributed by atoms with Crippen LogP contribution < -0.4 is 0 Å². The average molecular weight is 311 g/mol. The van der Waals surface area contributed by atoms with Crippen molar-refractivity contribution < 1.29 is 0 Å². The zero-order valence-electron chi connectivity index (χ0n) is 10.1. The highest BCUT2D eigenvalue weighted by Crippen LogP contribution is 2.25. The summed E-state index contributed by atoms with van der Waals surface area (Å²) in [6, 6.07) is 8.00. The van der Waals surface area contributed by atoms with Crippen molar-refractivity contribution in [1.29, 1.82) is 0 Å². The Morgan fingerprint density at radius 3 is 2.89 bits per heavy atom. The monoisotopic (exact) mass is 310 g/mol. The molecule has 0 aliphatic heterocycles. The van der Waals surface area contributed by atoms with E-state index in [2.05, 4.69) is 26.4 Å². The van der Waals surface area contributed by atoms with Crippen LogP contribution in [0.15, 0.2) is 35.0 Å². The molecular weight excluding hydrogens is 299 g/mol. The number of imidazole rings is 1. The summed E-state index contributed by atoms with van der Waals surface area (Å²) < 4.78 is 2.16. The van der Waals surface area contributed by atoms with Crippen molar-refractivity contribution >= 4 is 45.6 Å². The fourth-order valence-corrected chi connectivity index (χ4v) is 3.31. The molecule has 98 valence electrons. The van der Waals surface area contributed by atoms with E-state index >= 15 is 0 Å². The maximum Gasteiger partial charge on any atom is 0.124 e. The van der Waals surface area contributed by atoms with Gasteiger partial charge in [-0.1, -0.05) is 17.7 Å². The molecule has 1 aromatic carbocycles. The van der Waals surface area contributed by atoms with Crippen LogP contribution in [0.25, 0.3) is 11.0 Å². The summed E-state index contributed by atoms with van der Waals surface area (Å²) in [5.74, 6) is 1.27. The molecule has 2 heterocycles. The fourth-order valence-electron chi connectivity index (χ4n) is 2.19. The predicted octanol–water partition coefficient (Wildman–Crippen LogP) is 4.73. The van der Waals surface area contributed by atoms with Crippen molar-refractivity contribution in [3.8, 4) is 0 Å². The molecule has 2 nitrogen and oxygen atoms in total. The highest BCUT2D eigenvalue weighted by molar-refractivity contribution is 7.07. The van der Waals surface area contributed by atoms with Crippen LogP contribution in [-0.2, 0) is 18.8 Å². The van der Waals surface area contributed by atoms with Gasteiger partial charge in [-0.05, 0) is 40.9 Å². The molecule has 3 aromatic rings. The summed E-state index contributed by atoms with van der Waals surface area (Å²) >= 11 is 13.9. The van der Waals surface area contributed by atoms with Gasteiger partial charge in [0.05, 0.1) is 16.4 Å². The molecule has 0 N–H and O–H groups in total. The Balaban J connectivity index is 1.99. The lowest BCUT2D eigenvalue weighted by Crippen LogP contribution is -2.04. The zero-order valence-corrected chi connectivity index (χ0v) is 12.5. The molecule has 0 unspecified atom stereocenters.